The highest BCUT2D eigenvalue weighted by molar-refractivity contribution is 5.95. The number of nitrogens with one attached hydrogen (secondary N) is 1. The molecule has 0 fully saturated rings. The fourth-order valence-electron chi connectivity index (χ4n) is 7.35. The van der Waals surface area contributed by atoms with Gasteiger partial charge in [0, 0.05) is 37.6 Å². The number of hydrogen-bond donors (Lipinski definition) is 3. The topological polar surface area (TPSA) is 111 Å². The number of carbonyl (C=O) groups is 2. The number of benzene rings is 4. The van der Waals surface area contributed by atoms with Gasteiger partial charge in [-0.2, -0.15) is 0 Å². The van der Waals surface area contributed by atoms with Crippen LogP contribution in [-0.2, 0) is 51.1 Å². The molecule has 1 unspecified atom stereocenters. The van der Waals surface area contributed by atoms with Gasteiger partial charge in [0.05, 0.1) is 17.1 Å². The van der Waals surface area contributed by atoms with E-state index in [1.165, 1.54) is 34.4 Å². The highest BCUT2D eigenvalue weighted by Crippen LogP contribution is 2.43. The van der Waals surface area contributed by atoms with Gasteiger partial charge < -0.3 is 21.1 Å². The summed E-state index contributed by atoms with van der Waals surface area (Å²) in [6, 6.07) is 36.2. The van der Waals surface area contributed by atoms with Crippen LogP contribution in [-0.4, -0.2) is 41.6 Å². The van der Waals surface area contributed by atoms with Crippen molar-refractivity contribution in [3.63, 3.8) is 0 Å². The van der Waals surface area contributed by atoms with Gasteiger partial charge in [-0.05, 0) is 60.1 Å². The zero-order chi connectivity index (χ0) is 33.0. The Hall–Kier alpha value is -4.56. The number of hydrogen-bond acceptors (Lipinski definition) is 6. The molecule has 0 saturated heterocycles. The maximum absolute atomic E-state index is 14.1. The molecule has 3 atom stereocenters. The minimum atomic E-state index is -0.795. The molecule has 4 aromatic rings. The molecule has 4 aromatic carbocycles. The van der Waals surface area contributed by atoms with Crippen molar-refractivity contribution in [1.29, 1.82) is 0 Å². The van der Waals surface area contributed by atoms with Gasteiger partial charge in [-0.3, -0.25) is 10.1 Å². The van der Waals surface area contributed by atoms with Gasteiger partial charge in [0.2, 0.25) is 5.91 Å². The molecule has 1 amide bonds. The van der Waals surface area contributed by atoms with Gasteiger partial charge in [-0.1, -0.05) is 109 Å². The smallest absolute Gasteiger partial charge is 0.332 e. The van der Waals surface area contributed by atoms with E-state index < -0.39 is 29.3 Å². The van der Waals surface area contributed by atoms with Crippen LogP contribution in [0.25, 0.3) is 0 Å². The fraction of sp³-hybridized carbons (Fsp3) is 0.300. The zero-order valence-electron chi connectivity index (χ0n) is 27.1. The number of esters is 1. The molecule has 7 nitrogen and oxygen atoms in total. The molecule has 6 rings (SSSR count). The molecule has 7 heteroatoms. The third kappa shape index (κ3) is 6.79. The average Bonchev–Trinajstić information content (AvgIpc) is 3.66. The van der Waals surface area contributed by atoms with Crippen molar-refractivity contribution < 1.29 is 14.3 Å². The molecule has 242 valence electrons. The van der Waals surface area contributed by atoms with E-state index in [1.807, 2.05) is 79.4 Å². The molecule has 0 heterocycles. The zero-order valence-corrected chi connectivity index (χ0v) is 27.1. The van der Waals surface area contributed by atoms with Crippen LogP contribution < -0.4 is 16.8 Å². The van der Waals surface area contributed by atoms with E-state index in [0.717, 1.165) is 24.0 Å². The van der Waals surface area contributed by atoms with E-state index in [-0.39, 0.29) is 11.9 Å². The molecule has 0 radical (unpaired) electrons. The quantitative estimate of drug-likeness (QED) is 0.124. The number of ether oxygens (including phenoxy) is 1. The predicted molar refractivity (Wildman–Crippen MR) is 185 cm³/mol. The van der Waals surface area contributed by atoms with Crippen LogP contribution in [0.2, 0.25) is 0 Å². The Morgan fingerprint density at radius 1 is 0.723 bits per heavy atom. The van der Waals surface area contributed by atoms with Crippen LogP contribution in [0.4, 0.5) is 0 Å². The van der Waals surface area contributed by atoms with E-state index in [1.54, 1.807) is 0 Å². The van der Waals surface area contributed by atoms with Gasteiger partial charge in [0.15, 0.2) is 6.23 Å². The van der Waals surface area contributed by atoms with Gasteiger partial charge in [0.1, 0.15) is 0 Å². The third-order valence-corrected chi connectivity index (χ3v) is 9.58. The van der Waals surface area contributed by atoms with E-state index in [0.29, 0.717) is 19.4 Å². The first kappa shape index (κ1) is 32.4. The first-order valence-corrected chi connectivity index (χ1v) is 16.4. The summed E-state index contributed by atoms with van der Waals surface area (Å²) in [6.07, 6.45) is 4.52. The van der Waals surface area contributed by atoms with Crippen LogP contribution in [0.5, 0.6) is 0 Å². The number of amides is 1. The maximum atomic E-state index is 14.1. The summed E-state index contributed by atoms with van der Waals surface area (Å²) in [4.78, 5) is 29.3. The summed E-state index contributed by atoms with van der Waals surface area (Å²) in [7, 11) is 0. The number of rotatable bonds is 11. The Morgan fingerprint density at radius 2 is 1.19 bits per heavy atom. The van der Waals surface area contributed by atoms with E-state index in [2.05, 4.69) is 53.8 Å². The summed E-state index contributed by atoms with van der Waals surface area (Å²) in [5.74, 6) is -0.940. The van der Waals surface area contributed by atoms with Crippen LogP contribution >= 0.6 is 0 Å². The standard InChI is InChI=1S/C40H44N4O3/c1-28(41)27-44(40(35-19-7-4-8-20-35)25-32-15-11-12-16-33(32)26-40)36(45)21-22-37(46)47-38(29(2)42)43-39(34-17-5-3-6-18-34)23-30-13-9-10-14-31(30)24-39/h3-22,28-29,38,43H,23-27,41-42H2,1-2H3/b22-21+/t28-,29-,38?/m1/s1. The summed E-state index contributed by atoms with van der Waals surface area (Å²) in [5.41, 5.74) is 18.6. The summed E-state index contributed by atoms with van der Waals surface area (Å²) < 4.78 is 5.96. The lowest BCUT2D eigenvalue weighted by molar-refractivity contribution is -0.147. The number of nitrogens with zero attached hydrogens (tertiary/aromatic N) is 1. The first-order valence-electron chi connectivity index (χ1n) is 16.4. The van der Waals surface area contributed by atoms with Crippen molar-refractivity contribution in [3.8, 4) is 0 Å². The normalized spacial score (nSPS) is 17.8. The fourth-order valence-corrected chi connectivity index (χ4v) is 7.35. The molecular weight excluding hydrogens is 584 g/mol. The number of fused-ring (bicyclic) bond motifs is 2. The highest BCUT2D eigenvalue weighted by atomic mass is 16.6. The maximum Gasteiger partial charge on any atom is 0.332 e. The van der Waals surface area contributed by atoms with E-state index >= 15 is 0 Å². The molecule has 2 aliphatic carbocycles. The molecule has 0 saturated carbocycles. The van der Waals surface area contributed by atoms with Gasteiger partial charge in [0.25, 0.3) is 0 Å². The molecule has 0 spiro atoms. The largest absolute Gasteiger partial charge is 0.442 e. The second kappa shape index (κ2) is 13.7. The minimum Gasteiger partial charge on any atom is -0.442 e. The average molecular weight is 629 g/mol. The van der Waals surface area contributed by atoms with Crippen molar-refractivity contribution in [1.82, 2.24) is 10.2 Å². The van der Waals surface area contributed by atoms with Crippen molar-refractivity contribution in [2.45, 2.75) is 68.9 Å². The Morgan fingerprint density at radius 3 is 1.68 bits per heavy atom. The SMILES string of the molecule is C[C@@H](N)CN(C(=O)/C=C/C(=O)OC(NC1(c2ccccc2)Cc2ccccc2C1)[C@@H](C)N)C1(c2ccccc2)Cc2ccccc2C1. The lowest BCUT2D eigenvalue weighted by atomic mass is 9.84. The van der Waals surface area contributed by atoms with Crippen LogP contribution in [0.3, 0.4) is 0 Å². The molecule has 47 heavy (non-hydrogen) atoms. The van der Waals surface area contributed by atoms with Crippen molar-refractivity contribution >= 4 is 11.9 Å². The van der Waals surface area contributed by atoms with Crippen LogP contribution in [0, 0.1) is 0 Å². The Labute approximate surface area is 277 Å². The lowest BCUT2D eigenvalue weighted by Crippen LogP contribution is -2.56. The second-order valence-corrected chi connectivity index (χ2v) is 13.2. The Kier molecular flexibility index (Phi) is 9.41. The van der Waals surface area contributed by atoms with Gasteiger partial charge in [-0.25, -0.2) is 4.79 Å². The minimum absolute atomic E-state index is 0.278. The number of nitrogens with two attached hydrogens (primary N) is 2. The van der Waals surface area contributed by atoms with Gasteiger partial charge >= 0.3 is 5.97 Å². The summed E-state index contributed by atoms with van der Waals surface area (Å²) in [6.45, 7) is 4.03. The van der Waals surface area contributed by atoms with E-state index in [9.17, 15) is 9.59 Å². The van der Waals surface area contributed by atoms with E-state index in [4.69, 9.17) is 16.2 Å². The lowest BCUT2D eigenvalue weighted by Gasteiger charge is -2.42. The molecule has 2 aliphatic rings. The molecular formula is C40H44N4O3. The Balaban J connectivity index is 1.24. The summed E-state index contributed by atoms with van der Waals surface area (Å²) in [5, 5.41) is 3.63. The molecule has 0 aliphatic heterocycles. The predicted octanol–water partition coefficient (Wildman–Crippen LogP) is 4.91. The molecule has 0 aromatic heterocycles. The summed E-state index contributed by atoms with van der Waals surface area (Å²) >= 11 is 0. The Bertz CT molecular complexity index is 1680. The van der Waals surface area contributed by atoms with Crippen LogP contribution in [0.15, 0.2) is 121 Å². The number of carbonyl (C=O) groups excluding carboxylic acids is 2. The monoisotopic (exact) mass is 628 g/mol. The molecule has 0 bridgehead atoms. The van der Waals surface area contributed by atoms with Gasteiger partial charge in [-0.15, -0.1) is 0 Å². The van der Waals surface area contributed by atoms with Crippen molar-refractivity contribution in [3.05, 3.63) is 155 Å². The van der Waals surface area contributed by atoms with Crippen molar-refractivity contribution in [2.75, 3.05) is 6.54 Å². The molecule has 5 N–H and O–H groups in total. The third-order valence-electron chi connectivity index (χ3n) is 9.58. The second-order valence-electron chi connectivity index (χ2n) is 13.2. The van der Waals surface area contributed by atoms with Crippen LogP contribution in [0.1, 0.15) is 47.2 Å². The van der Waals surface area contributed by atoms with Crippen molar-refractivity contribution in [2.24, 2.45) is 11.5 Å². The first-order chi connectivity index (χ1) is 22.7. The highest BCUT2D eigenvalue weighted by Gasteiger charge is 2.46.